The highest BCUT2D eigenvalue weighted by molar-refractivity contribution is 7.00. The molecule has 0 aliphatic carbocycles. The minimum absolute atomic E-state index is 1.01. The Morgan fingerprint density at radius 1 is 1.08 bits per heavy atom. The van der Waals surface area contributed by atoms with Crippen LogP contribution in [0.5, 0.6) is 0 Å². The van der Waals surface area contributed by atoms with Crippen molar-refractivity contribution >= 4 is 22.8 Å². The van der Waals surface area contributed by atoms with Crippen LogP contribution in [-0.4, -0.2) is 8.75 Å². The lowest BCUT2D eigenvalue weighted by atomic mass is 10.1. The molecule has 0 atom stereocenters. The van der Waals surface area contributed by atoms with Crippen molar-refractivity contribution in [3.63, 3.8) is 0 Å². The Labute approximate surface area is 82.9 Å². The molecule has 0 N–H and O–H groups in total. The molecule has 2 aromatic rings. The van der Waals surface area contributed by atoms with E-state index in [0.717, 1.165) is 11.0 Å². The van der Waals surface area contributed by atoms with Crippen molar-refractivity contribution < 1.29 is 0 Å². The third-order valence-electron chi connectivity index (χ3n) is 1.95. The van der Waals surface area contributed by atoms with E-state index in [2.05, 4.69) is 28.7 Å². The SMILES string of the molecule is CC.Cc1ccc2nsnc2c1C. The van der Waals surface area contributed by atoms with Crippen molar-refractivity contribution in [1.29, 1.82) is 0 Å². The molecule has 0 fully saturated rings. The Morgan fingerprint density at radius 2 is 1.77 bits per heavy atom. The standard InChI is InChI=1S/C8H8N2S.C2H6/c1-5-3-4-7-8(6(5)2)10-11-9-7;1-2/h3-4H,1-2H3;1-2H3. The first-order chi connectivity index (χ1) is 6.29. The van der Waals surface area contributed by atoms with E-state index >= 15 is 0 Å². The Hall–Kier alpha value is -0.960. The Morgan fingerprint density at radius 3 is 2.46 bits per heavy atom. The van der Waals surface area contributed by atoms with Gasteiger partial charge in [0.1, 0.15) is 11.0 Å². The van der Waals surface area contributed by atoms with Crippen molar-refractivity contribution in [2.24, 2.45) is 0 Å². The number of aromatic nitrogens is 2. The fraction of sp³-hybridized carbons (Fsp3) is 0.400. The Kier molecular flexibility index (Phi) is 3.37. The first-order valence-electron chi connectivity index (χ1n) is 4.47. The normalized spacial score (nSPS) is 9.54. The van der Waals surface area contributed by atoms with Gasteiger partial charge in [0.2, 0.25) is 0 Å². The van der Waals surface area contributed by atoms with Gasteiger partial charge in [-0.15, -0.1) is 0 Å². The lowest BCUT2D eigenvalue weighted by Gasteiger charge is -1.96. The number of hydrogen-bond donors (Lipinski definition) is 0. The van der Waals surface area contributed by atoms with Crippen molar-refractivity contribution in [1.82, 2.24) is 8.75 Å². The molecule has 0 amide bonds. The van der Waals surface area contributed by atoms with Crippen molar-refractivity contribution in [2.45, 2.75) is 27.7 Å². The van der Waals surface area contributed by atoms with Crippen LogP contribution in [-0.2, 0) is 0 Å². The van der Waals surface area contributed by atoms with Gasteiger partial charge in [0.05, 0.1) is 11.7 Å². The summed E-state index contributed by atoms with van der Waals surface area (Å²) in [4.78, 5) is 0. The monoisotopic (exact) mass is 194 g/mol. The van der Waals surface area contributed by atoms with Gasteiger partial charge in [-0.3, -0.25) is 0 Å². The van der Waals surface area contributed by atoms with Gasteiger partial charge < -0.3 is 0 Å². The van der Waals surface area contributed by atoms with Crippen LogP contribution in [0, 0.1) is 13.8 Å². The molecule has 0 radical (unpaired) electrons. The van der Waals surface area contributed by atoms with Crippen LogP contribution in [0.25, 0.3) is 11.0 Å². The average Bonchev–Trinajstić information content (AvgIpc) is 2.63. The van der Waals surface area contributed by atoms with E-state index in [-0.39, 0.29) is 0 Å². The number of rotatable bonds is 0. The minimum Gasteiger partial charge on any atom is -0.173 e. The summed E-state index contributed by atoms with van der Waals surface area (Å²) in [6, 6.07) is 4.10. The summed E-state index contributed by atoms with van der Waals surface area (Å²) >= 11 is 1.28. The van der Waals surface area contributed by atoms with Gasteiger partial charge in [-0.25, -0.2) is 0 Å². The Balaban J connectivity index is 0.000000396. The third kappa shape index (κ3) is 1.86. The molecule has 0 aliphatic heterocycles. The quantitative estimate of drug-likeness (QED) is 0.643. The van der Waals surface area contributed by atoms with Crippen LogP contribution in [0.3, 0.4) is 0 Å². The molecule has 0 spiro atoms. The summed E-state index contributed by atoms with van der Waals surface area (Å²) in [5, 5.41) is 0. The fourth-order valence-corrected chi connectivity index (χ4v) is 1.67. The zero-order valence-corrected chi connectivity index (χ0v) is 9.27. The van der Waals surface area contributed by atoms with Crippen LogP contribution in [0.15, 0.2) is 12.1 Å². The van der Waals surface area contributed by atoms with E-state index in [9.17, 15) is 0 Å². The Bertz CT molecular complexity index is 393. The van der Waals surface area contributed by atoms with Crippen LogP contribution in [0.4, 0.5) is 0 Å². The van der Waals surface area contributed by atoms with Gasteiger partial charge in [0.15, 0.2) is 0 Å². The second-order valence-electron chi connectivity index (χ2n) is 2.64. The summed E-state index contributed by atoms with van der Waals surface area (Å²) in [5.41, 5.74) is 4.59. The second-order valence-corrected chi connectivity index (χ2v) is 3.17. The van der Waals surface area contributed by atoms with E-state index in [1.54, 1.807) is 0 Å². The van der Waals surface area contributed by atoms with Gasteiger partial charge >= 0.3 is 0 Å². The van der Waals surface area contributed by atoms with Crippen molar-refractivity contribution in [2.75, 3.05) is 0 Å². The number of fused-ring (bicyclic) bond motifs is 1. The minimum atomic E-state index is 1.01. The topological polar surface area (TPSA) is 25.8 Å². The largest absolute Gasteiger partial charge is 0.173 e. The van der Waals surface area contributed by atoms with Gasteiger partial charge in [-0.2, -0.15) is 8.75 Å². The molecule has 1 heterocycles. The van der Waals surface area contributed by atoms with E-state index in [1.165, 1.54) is 22.9 Å². The highest BCUT2D eigenvalue weighted by Gasteiger charge is 2.02. The molecule has 1 aromatic carbocycles. The van der Waals surface area contributed by atoms with E-state index in [1.807, 2.05) is 19.9 Å². The predicted octanol–water partition coefficient (Wildman–Crippen LogP) is 3.33. The van der Waals surface area contributed by atoms with E-state index in [0.29, 0.717) is 0 Å². The zero-order valence-electron chi connectivity index (χ0n) is 8.46. The highest BCUT2D eigenvalue weighted by Crippen LogP contribution is 2.18. The molecule has 13 heavy (non-hydrogen) atoms. The summed E-state index contributed by atoms with van der Waals surface area (Å²) in [5.74, 6) is 0. The van der Waals surface area contributed by atoms with Gasteiger partial charge in [-0.05, 0) is 31.0 Å². The number of aryl methyl sites for hydroxylation is 2. The maximum Gasteiger partial charge on any atom is 0.107 e. The lowest BCUT2D eigenvalue weighted by Crippen LogP contribution is -1.81. The van der Waals surface area contributed by atoms with Crippen LogP contribution in [0.2, 0.25) is 0 Å². The van der Waals surface area contributed by atoms with Gasteiger partial charge in [-0.1, -0.05) is 19.9 Å². The zero-order chi connectivity index (χ0) is 9.84. The molecule has 0 unspecified atom stereocenters. The van der Waals surface area contributed by atoms with Crippen LogP contribution in [0.1, 0.15) is 25.0 Å². The van der Waals surface area contributed by atoms with E-state index < -0.39 is 0 Å². The first kappa shape index (κ1) is 10.1. The average molecular weight is 194 g/mol. The van der Waals surface area contributed by atoms with Crippen LogP contribution < -0.4 is 0 Å². The molecule has 70 valence electrons. The first-order valence-corrected chi connectivity index (χ1v) is 5.20. The van der Waals surface area contributed by atoms with Gasteiger partial charge in [0, 0.05) is 0 Å². The van der Waals surface area contributed by atoms with E-state index in [4.69, 9.17) is 0 Å². The second kappa shape index (κ2) is 4.33. The summed E-state index contributed by atoms with van der Waals surface area (Å²) in [6.45, 7) is 8.17. The number of nitrogens with zero attached hydrogens (tertiary/aromatic N) is 2. The highest BCUT2D eigenvalue weighted by atomic mass is 32.1. The molecular weight excluding hydrogens is 180 g/mol. The lowest BCUT2D eigenvalue weighted by molar-refractivity contribution is 1.36. The van der Waals surface area contributed by atoms with Crippen LogP contribution >= 0.6 is 11.7 Å². The summed E-state index contributed by atoms with van der Waals surface area (Å²) < 4.78 is 8.36. The molecule has 0 aliphatic rings. The number of benzene rings is 1. The summed E-state index contributed by atoms with van der Waals surface area (Å²) in [7, 11) is 0. The predicted molar refractivity (Wildman–Crippen MR) is 58.2 cm³/mol. The van der Waals surface area contributed by atoms with Crippen molar-refractivity contribution in [3.8, 4) is 0 Å². The molecule has 2 nitrogen and oxygen atoms in total. The smallest absolute Gasteiger partial charge is 0.107 e. The molecular formula is C10H14N2S. The maximum atomic E-state index is 4.21. The molecule has 0 saturated heterocycles. The summed E-state index contributed by atoms with van der Waals surface area (Å²) in [6.07, 6.45) is 0. The van der Waals surface area contributed by atoms with Crippen molar-refractivity contribution in [3.05, 3.63) is 23.3 Å². The molecule has 0 saturated carbocycles. The fourth-order valence-electron chi connectivity index (χ4n) is 1.08. The molecule has 1 aromatic heterocycles. The third-order valence-corrected chi connectivity index (χ3v) is 2.49. The molecule has 2 rings (SSSR count). The van der Waals surface area contributed by atoms with Gasteiger partial charge in [0.25, 0.3) is 0 Å². The molecule has 0 bridgehead atoms. The number of hydrogen-bond acceptors (Lipinski definition) is 3. The maximum absolute atomic E-state index is 4.21. The molecule has 3 heteroatoms.